The Bertz CT molecular complexity index is 808. The van der Waals surface area contributed by atoms with Crippen molar-refractivity contribution in [1.29, 1.82) is 0 Å². The number of aliphatic hydroxyl groups excluding tert-OH is 1. The van der Waals surface area contributed by atoms with Crippen LogP contribution in [0.15, 0.2) is 36.4 Å². The molecule has 4 rings (SSSR count). The summed E-state index contributed by atoms with van der Waals surface area (Å²) in [5, 5.41) is 11.0. The molecule has 144 valence electrons. The van der Waals surface area contributed by atoms with Crippen molar-refractivity contribution in [3.8, 4) is 5.75 Å². The summed E-state index contributed by atoms with van der Waals surface area (Å²) in [6.45, 7) is 5.06. The number of ether oxygens (including phenoxy) is 3. The van der Waals surface area contributed by atoms with Crippen molar-refractivity contribution in [2.45, 2.75) is 57.7 Å². The second-order valence-corrected chi connectivity index (χ2v) is 7.83. The van der Waals surface area contributed by atoms with Gasteiger partial charge in [-0.05, 0) is 67.6 Å². The van der Waals surface area contributed by atoms with Gasteiger partial charge in [-0.3, -0.25) is 0 Å². The average molecular weight is 389 g/mol. The molecule has 0 saturated carbocycles. The van der Waals surface area contributed by atoms with E-state index in [0.717, 1.165) is 33.0 Å². The van der Waals surface area contributed by atoms with Crippen molar-refractivity contribution in [2.75, 3.05) is 6.61 Å². The second-order valence-electron chi connectivity index (χ2n) is 7.42. The van der Waals surface area contributed by atoms with E-state index in [4.69, 9.17) is 25.8 Å². The average Bonchev–Trinajstić information content (AvgIpc) is 2.93. The van der Waals surface area contributed by atoms with Gasteiger partial charge in [-0.25, -0.2) is 0 Å². The van der Waals surface area contributed by atoms with E-state index in [0.29, 0.717) is 32.5 Å². The van der Waals surface area contributed by atoms with E-state index >= 15 is 0 Å². The van der Waals surface area contributed by atoms with E-state index in [9.17, 15) is 5.11 Å². The molecule has 1 N–H and O–H groups in total. The molecule has 0 radical (unpaired) electrons. The largest absolute Gasteiger partial charge is 0.494 e. The first-order valence-corrected chi connectivity index (χ1v) is 9.90. The zero-order chi connectivity index (χ0) is 19.0. The molecule has 2 heterocycles. The van der Waals surface area contributed by atoms with Crippen LogP contribution >= 0.6 is 11.6 Å². The summed E-state index contributed by atoms with van der Waals surface area (Å²) in [5.74, 6) is 0.0112. The van der Waals surface area contributed by atoms with Gasteiger partial charge < -0.3 is 19.3 Å². The number of fused-ring (bicyclic) bond motifs is 2. The maximum absolute atomic E-state index is 10.3. The van der Waals surface area contributed by atoms with Crippen LogP contribution in [0.3, 0.4) is 0 Å². The fourth-order valence-corrected chi connectivity index (χ4v) is 4.35. The first-order chi connectivity index (χ1) is 13.0. The van der Waals surface area contributed by atoms with Crippen LogP contribution in [-0.2, 0) is 28.3 Å². The first-order valence-electron chi connectivity index (χ1n) is 9.52. The molecule has 2 aromatic carbocycles. The second kappa shape index (κ2) is 7.44. The van der Waals surface area contributed by atoms with Gasteiger partial charge in [-0.1, -0.05) is 23.7 Å². The first kappa shape index (κ1) is 18.8. The molecule has 2 aromatic rings. The quantitative estimate of drug-likeness (QED) is 0.833. The SMILES string of the molecule is CCOc1ccc(Cc2cc3c(cc2Cl)CO[C@@]32CC(O)CC(C)O2)cc1. The monoisotopic (exact) mass is 388 g/mol. The van der Waals surface area contributed by atoms with Gasteiger partial charge in [0, 0.05) is 17.0 Å². The summed E-state index contributed by atoms with van der Waals surface area (Å²) >= 11 is 6.55. The summed E-state index contributed by atoms with van der Waals surface area (Å²) in [5.41, 5.74) is 4.22. The highest BCUT2D eigenvalue weighted by molar-refractivity contribution is 6.31. The lowest BCUT2D eigenvalue weighted by atomic mass is 9.90. The highest BCUT2D eigenvalue weighted by Crippen LogP contribution is 2.46. The lowest BCUT2D eigenvalue weighted by Crippen LogP contribution is -2.43. The molecule has 0 amide bonds. The van der Waals surface area contributed by atoms with E-state index in [1.54, 1.807) is 0 Å². The van der Waals surface area contributed by atoms with Gasteiger partial charge in [0.1, 0.15) is 5.75 Å². The predicted molar refractivity (Wildman–Crippen MR) is 104 cm³/mol. The zero-order valence-corrected chi connectivity index (χ0v) is 16.5. The van der Waals surface area contributed by atoms with Crippen LogP contribution in [0.4, 0.5) is 0 Å². The Kier molecular flexibility index (Phi) is 5.17. The summed E-state index contributed by atoms with van der Waals surface area (Å²) in [7, 11) is 0. The van der Waals surface area contributed by atoms with Crippen LogP contribution < -0.4 is 4.74 Å². The molecule has 4 nitrogen and oxygen atoms in total. The minimum absolute atomic E-state index is 0.0510. The minimum Gasteiger partial charge on any atom is -0.494 e. The van der Waals surface area contributed by atoms with Gasteiger partial charge in [0.05, 0.1) is 25.4 Å². The number of hydrogen-bond donors (Lipinski definition) is 1. The van der Waals surface area contributed by atoms with Crippen molar-refractivity contribution < 1.29 is 19.3 Å². The Morgan fingerprint density at radius 2 is 2.04 bits per heavy atom. The van der Waals surface area contributed by atoms with Crippen molar-refractivity contribution in [3.05, 3.63) is 63.7 Å². The highest BCUT2D eigenvalue weighted by Gasteiger charge is 2.47. The number of benzene rings is 2. The van der Waals surface area contributed by atoms with Gasteiger partial charge in [-0.15, -0.1) is 0 Å². The number of aliphatic hydroxyl groups is 1. The van der Waals surface area contributed by atoms with E-state index in [1.807, 2.05) is 32.0 Å². The zero-order valence-electron chi connectivity index (χ0n) is 15.7. The van der Waals surface area contributed by atoms with Gasteiger partial charge in [0.15, 0.2) is 5.79 Å². The summed E-state index contributed by atoms with van der Waals surface area (Å²) in [6, 6.07) is 12.1. The maximum atomic E-state index is 10.3. The van der Waals surface area contributed by atoms with Gasteiger partial charge in [0.2, 0.25) is 0 Å². The minimum atomic E-state index is -0.857. The Balaban J connectivity index is 1.63. The molecule has 1 spiro atoms. The van der Waals surface area contributed by atoms with Crippen molar-refractivity contribution in [3.63, 3.8) is 0 Å². The molecular formula is C22H25ClO4. The molecule has 0 aliphatic carbocycles. The predicted octanol–water partition coefficient (Wildman–Crippen LogP) is 4.57. The number of rotatable bonds is 4. The van der Waals surface area contributed by atoms with E-state index in [1.165, 1.54) is 0 Å². The van der Waals surface area contributed by atoms with E-state index in [-0.39, 0.29) is 6.10 Å². The highest BCUT2D eigenvalue weighted by atomic mass is 35.5. The molecule has 5 heteroatoms. The summed E-state index contributed by atoms with van der Waals surface area (Å²) in [6.07, 6.45) is 1.32. The third-order valence-electron chi connectivity index (χ3n) is 5.27. The Hall–Kier alpha value is -1.59. The van der Waals surface area contributed by atoms with Crippen LogP contribution in [0, 0.1) is 0 Å². The molecule has 27 heavy (non-hydrogen) atoms. The molecule has 2 aliphatic heterocycles. The maximum Gasteiger partial charge on any atom is 0.198 e. The summed E-state index contributed by atoms with van der Waals surface area (Å²) < 4.78 is 17.7. The lowest BCUT2D eigenvalue weighted by Gasteiger charge is -2.39. The van der Waals surface area contributed by atoms with E-state index in [2.05, 4.69) is 18.2 Å². The van der Waals surface area contributed by atoms with Crippen LogP contribution in [0.5, 0.6) is 5.75 Å². The molecule has 1 fully saturated rings. The molecule has 2 unspecified atom stereocenters. The fraction of sp³-hybridized carbons (Fsp3) is 0.455. The standard InChI is InChI=1S/C22H25ClO4/c1-3-25-19-6-4-15(5-7-19)9-16-10-20-17(11-21(16)23)13-26-22(20)12-18(24)8-14(2)27-22/h4-7,10-11,14,18,24H,3,8-9,12-13H2,1-2H3/t14?,18?,22-/m1/s1. The Morgan fingerprint density at radius 3 is 2.74 bits per heavy atom. The number of halogens is 1. The molecule has 3 atom stereocenters. The fourth-order valence-electron chi connectivity index (χ4n) is 4.10. The van der Waals surface area contributed by atoms with Gasteiger partial charge in [0.25, 0.3) is 0 Å². The smallest absolute Gasteiger partial charge is 0.198 e. The Labute approximate surface area is 165 Å². The van der Waals surface area contributed by atoms with Crippen molar-refractivity contribution >= 4 is 11.6 Å². The molecule has 0 aromatic heterocycles. The van der Waals surface area contributed by atoms with Crippen LogP contribution in [0.25, 0.3) is 0 Å². The third-order valence-corrected chi connectivity index (χ3v) is 5.62. The Morgan fingerprint density at radius 1 is 1.26 bits per heavy atom. The molecule has 0 bridgehead atoms. The number of hydrogen-bond acceptors (Lipinski definition) is 4. The van der Waals surface area contributed by atoms with Crippen LogP contribution in [0.2, 0.25) is 5.02 Å². The van der Waals surface area contributed by atoms with Gasteiger partial charge >= 0.3 is 0 Å². The normalized spacial score (nSPS) is 27.0. The van der Waals surface area contributed by atoms with Crippen LogP contribution in [-0.4, -0.2) is 23.9 Å². The summed E-state index contributed by atoms with van der Waals surface area (Å²) in [4.78, 5) is 0. The molecule has 1 saturated heterocycles. The van der Waals surface area contributed by atoms with Crippen molar-refractivity contribution in [2.24, 2.45) is 0 Å². The van der Waals surface area contributed by atoms with Gasteiger partial charge in [-0.2, -0.15) is 0 Å². The topological polar surface area (TPSA) is 47.9 Å². The molecule has 2 aliphatic rings. The lowest BCUT2D eigenvalue weighted by molar-refractivity contribution is -0.295. The molecular weight excluding hydrogens is 364 g/mol. The third kappa shape index (κ3) is 3.72. The van der Waals surface area contributed by atoms with Crippen LogP contribution in [0.1, 0.15) is 48.9 Å². The van der Waals surface area contributed by atoms with E-state index < -0.39 is 11.9 Å². The van der Waals surface area contributed by atoms with Crippen molar-refractivity contribution in [1.82, 2.24) is 0 Å².